The van der Waals surface area contributed by atoms with Gasteiger partial charge in [-0.25, -0.2) is 4.98 Å². The Morgan fingerprint density at radius 1 is 1.35 bits per heavy atom. The first-order valence-corrected chi connectivity index (χ1v) is 9.25. The third-order valence-corrected chi connectivity index (χ3v) is 5.71. The van der Waals surface area contributed by atoms with Gasteiger partial charge < -0.3 is 14.8 Å². The van der Waals surface area contributed by atoms with Gasteiger partial charge in [0.25, 0.3) is 0 Å². The fourth-order valence-corrected chi connectivity index (χ4v) is 4.27. The first-order chi connectivity index (χ1) is 12.1. The lowest BCUT2D eigenvalue weighted by Crippen LogP contribution is -2.50. The van der Waals surface area contributed by atoms with E-state index in [4.69, 9.17) is 23.2 Å². The smallest absolute Gasteiger partial charge is 0.227 e. The highest BCUT2D eigenvalue weighted by atomic mass is 35.5. The number of nitrogens with one attached hydrogen (secondary N) is 1. The predicted octanol–water partition coefficient (Wildman–Crippen LogP) is 3.43. The zero-order valence-electron chi connectivity index (χ0n) is 14.4. The van der Waals surface area contributed by atoms with Crippen LogP contribution in [-0.2, 0) is 11.8 Å². The molecule has 0 spiro atoms. The van der Waals surface area contributed by atoms with Crippen molar-refractivity contribution in [2.24, 2.45) is 13.0 Å². The summed E-state index contributed by atoms with van der Waals surface area (Å²) in [7, 11) is 1.97. The van der Waals surface area contributed by atoms with Gasteiger partial charge in [0.05, 0.1) is 0 Å². The number of hydrogen-bond acceptors (Lipinski definition) is 3. The Morgan fingerprint density at radius 3 is 2.85 bits per heavy atom. The Balaban J connectivity index is 0.00000196. The highest BCUT2D eigenvalue weighted by Crippen LogP contribution is 2.51. The molecule has 1 saturated carbocycles. The number of benzene rings is 1. The van der Waals surface area contributed by atoms with Gasteiger partial charge >= 0.3 is 0 Å². The lowest BCUT2D eigenvalue weighted by Gasteiger charge is -2.36. The molecule has 2 heterocycles. The van der Waals surface area contributed by atoms with Gasteiger partial charge in [0.1, 0.15) is 11.9 Å². The zero-order valence-corrected chi connectivity index (χ0v) is 16.7. The van der Waals surface area contributed by atoms with Crippen molar-refractivity contribution in [3.8, 4) is 0 Å². The van der Waals surface area contributed by atoms with Crippen LogP contribution in [0.25, 0.3) is 0 Å². The molecule has 2 aliphatic rings. The van der Waals surface area contributed by atoms with Gasteiger partial charge in [0.15, 0.2) is 0 Å². The molecule has 0 radical (unpaired) electrons. The van der Waals surface area contributed by atoms with Crippen LogP contribution in [0.4, 0.5) is 0 Å². The average Bonchev–Trinajstić information content (AvgIpc) is 3.27. The number of aromatic nitrogens is 2. The molecule has 1 aromatic heterocycles. The van der Waals surface area contributed by atoms with E-state index in [-0.39, 0.29) is 36.2 Å². The highest BCUT2D eigenvalue weighted by molar-refractivity contribution is 6.35. The van der Waals surface area contributed by atoms with Gasteiger partial charge in [0, 0.05) is 55.0 Å². The van der Waals surface area contributed by atoms with E-state index in [1.165, 1.54) is 0 Å². The van der Waals surface area contributed by atoms with E-state index in [2.05, 4.69) is 10.3 Å². The fraction of sp³-hybridized carbons (Fsp3) is 0.444. The van der Waals surface area contributed by atoms with Crippen LogP contribution in [0.3, 0.4) is 0 Å². The molecule has 8 heteroatoms. The van der Waals surface area contributed by atoms with Gasteiger partial charge in [-0.15, -0.1) is 12.4 Å². The number of aryl methyl sites for hydroxylation is 1. The Kier molecular flexibility index (Phi) is 5.82. The molecule has 0 bridgehead atoms. The second-order valence-electron chi connectivity index (χ2n) is 6.76. The summed E-state index contributed by atoms with van der Waals surface area (Å²) in [4.78, 5) is 19.6. The molecule has 1 aliphatic heterocycles. The molecule has 2 aromatic rings. The minimum atomic E-state index is -0.0248. The molecule has 4 rings (SSSR count). The first kappa shape index (κ1) is 19.5. The van der Waals surface area contributed by atoms with Crippen LogP contribution in [0.5, 0.6) is 0 Å². The van der Waals surface area contributed by atoms with Gasteiger partial charge in [0.2, 0.25) is 5.91 Å². The van der Waals surface area contributed by atoms with Gasteiger partial charge in [-0.05, 0) is 30.0 Å². The van der Waals surface area contributed by atoms with E-state index in [0.29, 0.717) is 16.6 Å². The molecular weight excluding hydrogens is 395 g/mol. The maximum atomic E-state index is 13.1. The third-order valence-electron chi connectivity index (χ3n) is 5.15. The Labute approximate surface area is 169 Å². The standard InChI is InChI=1S/C18H20Cl2N4O.ClH/c1-23-6-5-22-17(23)16-10-21-4-7-24(16)18(25)14-9-13(14)12-3-2-11(19)8-15(12)20;/h2-3,5-6,8,13-14,16,21H,4,7,9-10H2,1H3;1H. The Bertz CT molecular complexity index is 809. The summed E-state index contributed by atoms with van der Waals surface area (Å²) in [5, 5.41) is 4.64. The molecule has 1 N–H and O–H groups in total. The molecule has 3 unspecified atom stereocenters. The van der Waals surface area contributed by atoms with E-state index >= 15 is 0 Å². The van der Waals surface area contributed by atoms with Crippen molar-refractivity contribution in [3.63, 3.8) is 0 Å². The van der Waals surface area contributed by atoms with Crippen LogP contribution in [0.2, 0.25) is 10.0 Å². The number of rotatable bonds is 3. The first-order valence-electron chi connectivity index (χ1n) is 8.49. The number of halogens is 3. The molecule has 3 atom stereocenters. The largest absolute Gasteiger partial charge is 0.336 e. The molecule has 5 nitrogen and oxygen atoms in total. The maximum absolute atomic E-state index is 13.1. The molecule has 2 fully saturated rings. The molecule has 1 amide bonds. The Hall–Kier alpha value is -1.27. The van der Waals surface area contributed by atoms with E-state index in [1.54, 1.807) is 12.3 Å². The van der Waals surface area contributed by atoms with Crippen molar-refractivity contribution >= 4 is 41.5 Å². The van der Waals surface area contributed by atoms with Gasteiger partial charge in [-0.2, -0.15) is 0 Å². The number of amides is 1. The van der Waals surface area contributed by atoms with Crippen LogP contribution < -0.4 is 5.32 Å². The number of piperazine rings is 1. The second-order valence-corrected chi connectivity index (χ2v) is 7.61. The molecule has 140 valence electrons. The summed E-state index contributed by atoms with van der Waals surface area (Å²) in [6, 6.07) is 5.50. The summed E-state index contributed by atoms with van der Waals surface area (Å²) < 4.78 is 1.98. The van der Waals surface area contributed by atoms with Crippen LogP contribution in [-0.4, -0.2) is 40.0 Å². The average molecular weight is 416 g/mol. The number of carbonyl (C=O) groups is 1. The van der Waals surface area contributed by atoms with Crippen molar-refractivity contribution in [1.29, 1.82) is 0 Å². The normalized spacial score (nSPS) is 24.9. The fourth-order valence-electron chi connectivity index (χ4n) is 3.72. The predicted molar refractivity (Wildman–Crippen MR) is 105 cm³/mol. The molecule has 26 heavy (non-hydrogen) atoms. The second kappa shape index (κ2) is 7.77. The van der Waals surface area contributed by atoms with Crippen molar-refractivity contribution in [2.45, 2.75) is 18.4 Å². The summed E-state index contributed by atoms with van der Waals surface area (Å²) in [6.07, 6.45) is 4.54. The van der Waals surface area contributed by atoms with E-state index < -0.39 is 0 Å². The molecule has 1 saturated heterocycles. The number of carbonyl (C=O) groups excluding carboxylic acids is 1. The van der Waals surface area contributed by atoms with E-state index in [0.717, 1.165) is 30.9 Å². The van der Waals surface area contributed by atoms with Crippen LogP contribution in [0, 0.1) is 5.92 Å². The van der Waals surface area contributed by atoms with Gasteiger partial charge in [-0.1, -0.05) is 29.3 Å². The van der Waals surface area contributed by atoms with Crippen molar-refractivity contribution in [1.82, 2.24) is 19.8 Å². The highest BCUT2D eigenvalue weighted by Gasteiger charge is 2.48. The summed E-state index contributed by atoms with van der Waals surface area (Å²) in [5.41, 5.74) is 1.02. The number of hydrogen-bond donors (Lipinski definition) is 1. The Morgan fingerprint density at radius 2 is 2.15 bits per heavy atom. The van der Waals surface area contributed by atoms with E-state index in [9.17, 15) is 4.79 Å². The van der Waals surface area contributed by atoms with Crippen molar-refractivity contribution in [2.75, 3.05) is 19.6 Å². The number of imidazole rings is 1. The lowest BCUT2D eigenvalue weighted by molar-refractivity contribution is -0.136. The molecular formula is C18H21Cl3N4O. The summed E-state index contributed by atoms with van der Waals surface area (Å²) >= 11 is 12.3. The summed E-state index contributed by atoms with van der Waals surface area (Å²) in [5.74, 6) is 1.31. The van der Waals surface area contributed by atoms with Crippen molar-refractivity contribution < 1.29 is 4.79 Å². The number of nitrogens with zero attached hydrogens (tertiary/aromatic N) is 3. The summed E-state index contributed by atoms with van der Waals surface area (Å²) in [6.45, 7) is 2.25. The zero-order chi connectivity index (χ0) is 17.6. The van der Waals surface area contributed by atoms with E-state index in [1.807, 2.05) is 34.8 Å². The quantitative estimate of drug-likeness (QED) is 0.835. The van der Waals surface area contributed by atoms with Gasteiger partial charge in [-0.3, -0.25) is 4.79 Å². The maximum Gasteiger partial charge on any atom is 0.227 e. The minimum Gasteiger partial charge on any atom is -0.336 e. The lowest BCUT2D eigenvalue weighted by atomic mass is 10.1. The van der Waals surface area contributed by atoms with Crippen LogP contribution in [0.1, 0.15) is 29.8 Å². The SMILES string of the molecule is Cl.Cn1ccnc1C1CNCCN1C(=O)C1CC1c1ccc(Cl)cc1Cl. The third kappa shape index (κ3) is 3.58. The monoisotopic (exact) mass is 414 g/mol. The molecule has 1 aromatic carbocycles. The minimum absolute atomic E-state index is 0. The van der Waals surface area contributed by atoms with Crippen LogP contribution >= 0.6 is 35.6 Å². The molecule has 1 aliphatic carbocycles. The topological polar surface area (TPSA) is 50.2 Å². The van der Waals surface area contributed by atoms with Crippen LogP contribution in [0.15, 0.2) is 30.6 Å². The van der Waals surface area contributed by atoms with Crippen molar-refractivity contribution in [3.05, 3.63) is 52.0 Å².